The summed E-state index contributed by atoms with van der Waals surface area (Å²) in [5.41, 5.74) is 8.06. The molecule has 88 valence electrons. The lowest BCUT2D eigenvalue weighted by Crippen LogP contribution is -2.34. The van der Waals surface area contributed by atoms with Gasteiger partial charge in [0.05, 0.1) is 0 Å². The highest BCUT2D eigenvalue weighted by Crippen LogP contribution is 2.36. The van der Waals surface area contributed by atoms with Crippen molar-refractivity contribution in [3.63, 3.8) is 0 Å². The Balaban J connectivity index is 2.30. The van der Waals surface area contributed by atoms with Crippen LogP contribution in [0, 0.1) is 18.7 Å². The van der Waals surface area contributed by atoms with Gasteiger partial charge in [0.2, 0.25) is 0 Å². The number of nitrogens with two attached hydrogens (primary N) is 1. The van der Waals surface area contributed by atoms with E-state index in [9.17, 15) is 4.39 Å². The first-order valence-electron chi connectivity index (χ1n) is 6.09. The summed E-state index contributed by atoms with van der Waals surface area (Å²) >= 11 is 0. The molecule has 0 saturated heterocycles. The van der Waals surface area contributed by atoms with Gasteiger partial charge < -0.3 is 5.73 Å². The van der Waals surface area contributed by atoms with E-state index in [-0.39, 0.29) is 17.8 Å². The number of hydrogen-bond acceptors (Lipinski definition) is 1. The van der Waals surface area contributed by atoms with Crippen molar-refractivity contribution in [2.45, 2.75) is 45.1 Å². The van der Waals surface area contributed by atoms with E-state index in [0.717, 1.165) is 24.0 Å². The molecule has 2 N–H and O–H groups in total. The van der Waals surface area contributed by atoms with Gasteiger partial charge in [0.1, 0.15) is 5.82 Å². The molecule has 0 radical (unpaired) electrons. The van der Waals surface area contributed by atoms with E-state index in [1.165, 1.54) is 6.42 Å². The fraction of sp³-hybridized carbons (Fsp3) is 0.571. The lowest BCUT2D eigenvalue weighted by atomic mass is 9.75. The molecule has 16 heavy (non-hydrogen) atoms. The van der Waals surface area contributed by atoms with Crippen molar-refractivity contribution in [3.8, 4) is 0 Å². The Morgan fingerprint density at radius 2 is 2.06 bits per heavy atom. The second-order valence-corrected chi connectivity index (χ2v) is 5.21. The van der Waals surface area contributed by atoms with Crippen LogP contribution in [0.1, 0.15) is 43.2 Å². The van der Waals surface area contributed by atoms with Crippen LogP contribution in [0.15, 0.2) is 18.2 Å². The number of rotatable bonds is 1. The van der Waals surface area contributed by atoms with Gasteiger partial charge in [0.25, 0.3) is 0 Å². The lowest BCUT2D eigenvalue weighted by molar-refractivity contribution is 0.301. The molecule has 2 heteroatoms. The fourth-order valence-electron chi connectivity index (χ4n) is 2.71. The monoisotopic (exact) mass is 221 g/mol. The van der Waals surface area contributed by atoms with E-state index < -0.39 is 0 Å². The molecule has 0 heterocycles. The summed E-state index contributed by atoms with van der Waals surface area (Å²) in [5, 5.41) is 0. The van der Waals surface area contributed by atoms with Crippen molar-refractivity contribution in [2.75, 3.05) is 0 Å². The van der Waals surface area contributed by atoms with E-state index in [0.29, 0.717) is 5.92 Å². The molecular formula is C14H20FN. The highest BCUT2D eigenvalue weighted by Gasteiger charge is 2.28. The minimum Gasteiger partial charge on any atom is -0.327 e. The van der Waals surface area contributed by atoms with Crippen LogP contribution < -0.4 is 5.73 Å². The van der Waals surface area contributed by atoms with E-state index >= 15 is 0 Å². The third-order valence-electron chi connectivity index (χ3n) is 3.72. The van der Waals surface area contributed by atoms with Gasteiger partial charge in [-0.2, -0.15) is 0 Å². The molecule has 1 saturated carbocycles. The molecule has 1 aromatic carbocycles. The van der Waals surface area contributed by atoms with E-state index in [1.807, 2.05) is 19.1 Å². The molecule has 1 aliphatic rings. The number of aryl methyl sites for hydroxylation is 1. The van der Waals surface area contributed by atoms with Gasteiger partial charge in [-0.25, -0.2) is 4.39 Å². The van der Waals surface area contributed by atoms with Crippen LogP contribution in [0.5, 0.6) is 0 Å². The maximum absolute atomic E-state index is 13.8. The van der Waals surface area contributed by atoms with Gasteiger partial charge in [-0.15, -0.1) is 0 Å². The van der Waals surface area contributed by atoms with Crippen LogP contribution in [0.4, 0.5) is 4.39 Å². The summed E-state index contributed by atoms with van der Waals surface area (Å²) in [6.07, 6.45) is 3.20. The van der Waals surface area contributed by atoms with Crippen LogP contribution in [0.25, 0.3) is 0 Å². The third-order valence-corrected chi connectivity index (χ3v) is 3.72. The highest BCUT2D eigenvalue weighted by molar-refractivity contribution is 5.28. The molecule has 1 aliphatic carbocycles. The zero-order valence-electron chi connectivity index (χ0n) is 10.0. The molecule has 0 spiro atoms. The van der Waals surface area contributed by atoms with Gasteiger partial charge in [-0.05, 0) is 43.7 Å². The Hall–Kier alpha value is -0.890. The predicted molar refractivity (Wildman–Crippen MR) is 64.9 cm³/mol. The van der Waals surface area contributed by atoms with Gasteiger partial charge in [0, 0.05) is 12.0 Å². The molecule has 0 aromatic heterocycles. The molecule has 1 aromatic rings. The Bertz CT molecular complexity index is 375. The van der Waals surface area contributed by atoms with Crippen LogP contribution in [0.2, 0.25) is 0 Å². The van der Waals surface area contributed by atoms with Crippen LogP contribution in [-0.4, -0.2) is 6.04 Å². The third kappa shape index (κ3) is 2.27. The number of benzene rings is 1. The second kappa shape index (κ2) is 4.54. The molecule has 3 atom stereocenters. The molecule has 0 aliphatic heterocycles. The van der Waals surface area contributed by atoms with Gasteiger partial charge >= 0.3 is 0 Å². The van der Waals surface area contributed by atoms with Gasteiger partial charge in [-0.1, -0.05) is 24.6 Å². The van der Waals surface area contributed by atoms with Crippen molar-refractivity contribution in [1.82, 2.24) is 0 Å². The average Bonchev–Trinajstić information content (AvgIpc) is 2.25. The first-order valence-corrected chi connectivity index (χ1v) is 6.09. The second-order valence-electron chi connectivity index (χ2n) is 5.21. The zero-order valence-corrected chi connectivity index (χ0v) is 10.0. The van der Waals surface area contributed by atoms with Gasteiger partial charge in [-0.3, -0.25) is 0 Å². The number of hydrogen-bond donors (Lipinski definition) is 1. The largest absolute Gasteiger partial charge is 0.327 e. The topological polar surface area (TPSA) is 26.0 Å². The first-order chi connectivity index (χ1) is 7.58. The van der Waals surface area contributed by atoms with E-state index in [4.69, 9.17) is 5.73 Å². The fourth-order valence-corrected chi connectivity index (χ4v) is 2.71. The summed E-state index contributed by atoms with van der Waals surface area (Å²) in [6, 6.07) is 5.46. The minimum absolute atomic E-state index is 0.0971. The number of halogens is 1. The summed E-state index contributed by atoms with van der Waals surface area (Å²) < 4.78 is 13.8. The molecule has 0 bridgehead atoms. The van der Waals surface area contributed by atoms with Crippen molar-refractivity contribution < 1.29 is 4.39 Å². The maximum Gasteiger partial charge on any atom is 0.126 e. The van der Waals surface area contributed by atoms with Crippen molar-refractivity contribution in [3.05, 3.63) is 35.1 Å². The zero-order chi connectivity index (χ0) is 11.7. The summed E-state index contributed by atoms with van der Waals surface area (Å²) in [7, 11) is 0. The Morgan fingerprint density at radius 1 is 1.31 bits per heavy atom. The van der Waals surface area contributed by atoms with Crippen LogP contribution in [0.3, 0.4) is 0 Å². The van der Waals surface area contributed by atoms with Crippen molar-refractivity contribution >= 4 is 0 Å². The predicted octanol–water partition coefficient (Wildman–Crippen LogP) is 3.37. The Kier molecular flexibility index (Phi) is 3.29. The Morgan fingerprint density at radius 3 is 2.81 bits per heavy atom. The van der Waals surface area contributed by atoms with Crippen LogP contribution in [-0.2, 0) is 0 Å². The average molecular weight is 221 g/mol. The first kappa shape index (κ1) is 11.6. The molecule has 2 rings (SSSR count). The van der Waals surface area contributed by atoms with Crippen LogP contribution >= 0.6 is 0 Å². The van der Waals surface area contributed by atoms with Crippen molar-refractivity contribution in [2.24, 2.45) is 11.7 Å². The summed E-state index contributed by atoms with van der Waals surface area (Å²) in [5.74, 6) is 0.758. The Labute approximate surface area is 96.9 Å². The van der Waals surface area contributed by atoms with Gasteiger partial charge in [0.15, 0.2) is 0 Å². The SMILES string of the molecule is Cc1ccc(F)c(C2CC(C)CCC2N)c1. The van der Waals surface area contributed by atoms with E-state index in [2.05, 4.69) is 6.92 Å². The summed E-state index contributed by atoms with van der Waals surface area (Å²) in [6.45, 7) is 4.23. The molecule has 1 nitrogen and oxygen atoms in total. The quantitative estimate of drug-likeness (QED) is 0.773. The molecular weight excluding hydrogens is 201 g/mol. The highest BCUT2D eigenvalue weighted by atomic mass is 19.1. The molecule has 1 fully saturated rings. The molecule has 3 unspecified atom stereocenters. The van der Waals surface area contributed by atoms with E-state index in [1.54, 1.807) is 6.07 Å². The normalized spacial score (nSPS) is 30.4. The molecule has 0 amide bonds. The lowest BCUT2D eigenvalue weighted by Gasteiger charge is -2.33. The standard InChI is InChI=1S/C14H20FN/c1-9-3-5-13(15)11(7-9)12-8-10(2)4-6-14(12)16/h3,5,7,10,12,14H,4,6,8,16H2,1-2H3. The smallest absolute Gasteiger partial charge is 0.126 e. The minimum atomic E-state index is -0.0971. The summed E-state index contributed by atoms with van der Waals surface area (Å²) in [4.78, 5) is 0. The maximum atomic E-state index is 13.8. The van der Waals surface area contributed by atoms with Crippen molar-refractivity contribution in [1.29, 1.82) is 0 Å².